The van der Waals surface area contributed by atoms with Crippen LogP contribution in [0.1, 0.15) is 18.7 Å². The van der Waals surface area contributed by atoms with Crippen molar-refractivity contribution >= 4 is 61.8 Å². The molecule has 1 aliphatic rings. The Morgan fingerprint density at radius 1 is 1.09 bits per heavy atom. The molecule has 0 radical (unpaired) electrons. The van der Waals surface area contributed by atoms with Crippen molar-refractivity contribution in [3.8, 4) is 5.69 Å². The zero-order valence-electron chi connectivity index (χ0n) is 18.3. The molecule has 1 amide bonds. The first-order chi connectivity index (χ1) is 16.5. The van der Waals surface area contributed by atoms with E-state index in [0.29, 0.717) is 28.8 Å². The maximum Gasteiger partial charge on any atom is 0.228 e. The largest absolute Gasteiger partial charge is 0.324 e. The summed E-state index contributed by atoms with van der Waals surface area (Å²) in [4.78, 5) is 20.3. The minimum absolute atomic E-state index is 0.0330. The average Bonchev–Trinajstić information content (AvgIpc) is 3.19. The Hall–Kier alpha value is -2.38. The fourth-order valence-corrected chi connectivity index (χ4v) is 5.25. The molecule has 1 N–H and O–H groups in total. The molecule has 1 aromatic heterocycles. The second-order valence-corrected chi connectivity index (χ2v) is 10.3. The van der Waals surface area contributed by atoms with Gasteiger partial charge in [-0.05, 0) is 67.9 Å². The monoisotopic (exact) mass is 556 g/mol. The number of aromatic nitrogens is 2. The number of anilines is 1. The molecule has 0 saturated carbocycles. The van der Waals surface area contributed by atoms with E-state index in [1.165, 1.54) is 0 Å². The van der Waals surface area contributed by atoms with Crippen molar-refractivity contribution in [1.82, 2.24) is 14.5 Å². The van der Waals surface area contributed by atoms with Gasteiger partial charge in [-0.15, -0.1) is 0 Å². The van der Waals surface area contributed by atoms with Crippen LogP contribution in [-0.4, -0.2) is 33.4 Å². The number of hydrogen-bond acceptors (Lipinski definition) is 3. The van der Waals surface area contributed by atoms with E-state index in [1.807, 2.05) is 30.3 Å². The highest BCUT2D eigenvalue weighted by molar-refractivity contribution is 9.10. The quantitative estimate of drug-likeness (QED) is 0.289. The molecular weight excluding hydrogens is 535 g/mol. The summed E-state index contributed by atoms with van der Waals surface area (Å²) in [7, 11) is 0. The van der Waals surface area contributed by atoms with Gasteiger partial charge < -0.3 is 5.32 Å². The number of likely N-dealkylation sites (tertiary alicyclic amines) is 1. The Morgan fingerprint density at radius 3 is 2.79 bits per heavy atom. The smallest absolute Gasteiger partial charge is 0.228 e. The topological polar surface area (TPSA) is 50.2 Å². The molecule has 3 aromatic carbocycles. The van der Waals surface area contributed by atoms with Gasteiger partial charge in [0.25, 0.3) is 0 Å². The van der Waals surface area contributed by atoms with E-state index >= 15 is 0 Å². The Labute approximate surface area is 216 Å². The predicted molar refractivity (Wildman–Crippen MR) is 142 cm³/mol. The first kappa shape index (κ1) is 23.4. The molecule has 1 aliphatic heterocycles. The van der Waals surface area contributed by atoms with Crippen LogP contribution in [-0.2, 0) is 11.3 Å². The standard InChI is InChI=1S/C26H23BrCl2N4O/c27-18-6-3-7-20(13-18)33-24-9-2-1-8-22(24)30-25(33)16-32-12-4-5-17(15-32)26(34)31-23-14-19(28)10-11-21(23)29/h1-3,6-11,13-14,17H,4-5,12,15-16H2,(H,31,34)/t17-/m1/s1. The summed E-state index contributed by atoms with van der Waals surface area (Å²) in [6.07, 6.45) is 1.78. The Balaban J connectivity index is 1.37. The highest BCUT2D eigenvalue weighted by Gasteiger charge is 2.27. The molecule has 174 valence electrons. The van der Waals surface area contributed by atoms with Crippen molar-refractivity contribution in [2.45, 2.75) is 19.4 Å². The summed E-state index contributed by atoms with van der Waals surface area (Å²) < 4.78 is 3.22. The van der Waals surface area contributed by atoms with Gasteiger partial charge in [0.1, 0.15) is 5.82 Å². The SMILES string of the molecule is O=C(Nc1cc(Cl)ccc1Cl)[C@@H]1CCCN(Cc2nc3ccccc3n2-c2cccc(Br)c2)C1. The highest BCUT2D eigenvalue weighted by Crippen LogP contribution is 2.29. The van der Waals surface area contributed by atoms with Gasteiger partial charge in [0.15, 0.2) is 0 Å². The van der Waals surface area contributed by atoms with Gasteiger partial charge in [-0.2, -0.15) is 0 Å². The van der Waals surface area contributed by atoms with E-state index < -0.39 is 0 Å². The number of piperidine rings is 1. The lowest BCUT2D eigenvalue weighted by atomic mass is 9.97. The third-order valence-corrected chi connectivity index (χ3v) is 7.18. The number of para-hydroxylation sites is 2. The number of carbonyl (C=O) groups excluding carboxylic acids is 1. The molecule has 5 nitrogen and oxygen atoms in total. The van der Waals surface area contributed by atoms with Crippen molar-refractivity contribution in [3.63, 3.8) is 0 Å². The second kappa shape index (κ2) is 10.1. The number of nitrogens with one attached hydrogen (secondary N) is 1. The lowest BCUT2D eigenvalue weighted by Crippen LogP contribution is -2.40. The number of fused-ring (bicyclic) bond motifs is 1. The summed E-state index contributed by atoms with van der Waals surface area (Å²) >= 11 is 15.9. The van der Waals surface area contributed by atoms with Crippen LogP contribution < -0.4 is 5.32 Å². The molecule has 1 saturated heterocycles. The van der Waals surface area contributed by atoms with E-state index in [9.17, 15) is 4.79 Å². The Bertz CT molecular complexity index is 1360. The number of halogens is 3. The van der Waals surface area contributed by atoms with Gasteiger partial charge in [0.05, 0.1) is 34.2 Å². The van der Waals surface area contributed by atoms with Crippen molar-refractivity contribution in [2.24, 2.45) is 5.92 Å². The minimum atomic E-state index is -0.132. The second-order valence-electron chi connectivity index (χ2n) is 8.52. The highest BCUT2D eigenvalue weighted by atomic mass is 79.9. The van der Waals surface area contributed by atoms with E-state index in [4.69, 9.17) is 28.2 Å². The molecule has 0 unspecified atom stereocenters. The van der Waals surface area contributed by atoms with Crippen LogP contribution in [0.3, 0.4) is 0 Å². The summed E-state index contributed by atoms with van der Waals surface area (Å²) in [5, 5.41) is 3.98. The van der Waals surface area contributed by atoms with Gasteiger partial charge in [-0.1, -0.05) is 57.3 Å². The van der Waals surface area contributed by atoms with Crippen molar-refractivity contribution in [3.05, 3.63) is 87.1 Å². The normalized spacial score (nSPS) is 16.6. The number of benzene rings is 3. The fraction of sp³-hybridized carbons (Fsp3) is 0.231. The first-order valence-corrected chi connectivity index (χ1v) is 12.7. The van der Waals surface area contributed by atoms with Crippen LogP contribution in [0.4, 0.5) is 5.69 Å². The third-order valence-electron chi connectivity index (χ3n) is 6.12. The van der Waals surface area contributed by atoms with Gasteiger partial charge in [0, 0.05) is 21.7 Å². The zero-order chi connectivity index (χ0) is 23.7. The molecule has 0 bridgehead atoms. The van der Waals surface area contributed by atoms with E-state index in [-0.39, 0.29) is 11.8 Å². The number of nitrogens with zero attached hydrogens (tertiary/aromatic N) is 3. The maximum atomic E-state index is 13.0. The van der Waals surface area contributed by atoms with E-state index in [0.717, 1.165) is 46.4 Å². The van der Waals surface area contributed by atoms with E-state index in [2.05, 4.69) is 48.9 Å². The Kier molecular flexibility index (Phi) is 6.93. The van der Waals surface area contributed by atoms with Crippen molar-refractivity contribution in [2.75, 3.05) is 18.4 Å². The molecule has 8 heteroatoms. The van der Waals surface area contributed by atoms with Gasteiger partial charge in [0.2, 0.25) is 5.91 Å². The molecule has 1 atom stereocenters. The first-order valence-electron chi connectivity index (χ1n) is 11.2. The summed E-state index contributed by atoms with van der Waals surface area (Å²) in [6.45, 7) is 2.23. The van der Waals surface area contributed by atoms with Crippen molar-refractivity contribution in [1.29, 1.82) is 0 Å². The summed E-state index contributed by atoms with van der Waals surface area (Å²) in [5.41, 5.74) is 3.63. The zero-order valence-corrected chi connectivity index (χ0v) is 21.4. The predicted octanol–water partition coefficient (Wildman–Crippen LogP) is 6.95. The molecule has 1 fully saturated rings. The minimum Gasteiger partial charge on any atom is -0.324 e. The fourth-order valence-electron chi connectivity index (χ4n) is 4.53. The average molecular weight is 558 g/mol. The summed E-state index contributed by atoms with van der Waals surface area (Å²) in [5.74, 6) is 0.792. The van der Waals surface area contributed by atoms with Crippen LogP contribution in [0.25, 0.3) is 16.7 Å². The molecule has 0 aliphatic carbocycles. The number of rotatable bonds is 5. The number of hydrogen-bond donors (Lipinski definition) is 1. The van der Waals surface area contributed by atoms with Gasteiger partial charge >= 0.3 is 0 Å². The van der Waals surface area contributed by atoms with Gasteiger partial charge in [-0.3, -0.25) is 14.3 Å². The molecule has 5 rings (SSSR count). The molecule has 0 spiro atoms. The van der Waals surface area contributed by atoms with Gasteiger partial charge in [-0.25, -0.2) is 4.98 Å². The molecule has 4 aromatic rings. The van der Waals surface area contributed by atoms with Crippen LogP contribution in [0, 0.1) is 5.92 Å². The maximum absolute atomic E-state index is 13.0. The lowest BCUT2D eigenvalue weighted by molar-refractivity contribution is -0.121. The number of amides is 1. The van der Waals surface area contributed by atoms with Crippen LogP contribution in [0.2, 0.25) is 10.0 Å². The van der Waals surface area contributed by atoms with Crippen LogP contribution in [0.15, 0.2) is 71.2 Å². The molecular formula is C26H23BrCl2N4O. The third kappa shape index (κ3) is 5.01. The molecule has 2 heterocycles. The molecule has 34 heavy (non-hydrogen) atoms. The number of carbonyl (C=O) groups is 1. The van der Waals surface area contributed by atoms with Crippen molar-refractivity contribution < 1.29 is 4.79 Å². The van der Waals surface area contributed by atoms with Crippen LogP contribution in [0.5, 0.6) is 0 Å². The summed E-state index contributed by atoms with van der Waals surface area (Å²) in [6, 6.07) is 21.5. The van der Waals surface area contributed by atoms with E-state index in [1.54, 1.807) is 18.2 Å². The Morgan fingerprint density at radius 2 is 1.94 bits per heavy atom. The lowest BCUT2D eigenvalue weighted by Gasteiger charge is -2.32. The van der Waals surface area contributed by atoms with Crippen LogP contribution >= 0.6 is 39.1 Å². The number of imidazole rings is 1.